The molecule has 0 heterocycles. The number of hydrogen-bond donors (Lipinski definition) is 2. The van der Waals surface area contributed by atoms with Crippen LogP contribution < -0.4 is 10.7 Å². The van der Waals surface area contributed by atoms with Gasteiger partial charge in [-0.15, -0.1) is 0 Å². The maximum Gasteiger partial charge on any atom is 0.429 e. The third-order valence-electron chi connectivity index (χ3n) is 2.74. The van der Waals surface area contributed by atoms with Crippen molar-refractivity contribution < 1.29 is 23.9 Å². The molecule has 0 fully saturated rings. The molecule has 0 radical (unpaired) electrons. The highest BCUT2D eigenvalue weighted by atomic mass is 16.6. The predicted octanol–water partition coefficient (Wildman–Crippen LogP) is 2.20. The number of carbonyl (C=O) groups is 3. The number of ether oxygens (including phenoxy) is 2. The van der Waals surface area contributed by atoms with E-state index in [1.165, 1.54) is 0 Å². The average Bonchev–Trinajstić information content (AvgIpc) is 2.52. The molecule has 1 rings (SSSR count). The van der Waals surface area contributed by atoms with Crippen LogP contribution in [-0.2, 0) is 20.8 Å². The number of esters is 1. The topological polar surface area (TPSA) is 97.0 Å². The third-order valence-corrected chi connectivity index (χ3v) is 2.74. The van der Waals surface area contributed by atoms with E-state index < -0.39 is 30.2 Å². The summed E-state index contributed by atoms with van der Waals surface area (Å²) in [5.41, 5.74) is 2.43. The summed E-state index contributed by atoms with van der Waals surface area (Å²) < 4.78 is 9.98. The molecule has 8 heteroatoms. The van der Waals surface area contributed by atoms with Gasteiger partial charge >= 0.3 is 18.1 Å². The SMILES string of the molecule is CCOC(=O)CN(NC(=O)NCc1ccccc1)C(=O)OC(C)(C)C. The number of nitrogens with one attached hydrogen (secondary N) is 2. The number of hydrogen-bond acceptors (Lipinski definition) is 5. The van der Waals surface area contributed by atoms with Crippen LogP contribution in [0.15, 0.2) is 30.3 Å². The van der Waals surface area contributed by atoms with Gasteiger partial charge in [-0.1, -0.05) is 30.3 Å². The Balaban J connectivity index is 2.65. The number of rotatable bonds is 5. The molecule has 0 aliphatic heterocycles. The summed E-state index contributed by atoms with van der Waals surface area (Å²) >= 11 is 0. The van der Waals surface area contributed by atoms with Crippen LogP contribution >= 0.6 is 0 Å². The summed E-state index contributed by atoms with van der Waals surface area (Å²) in [5, 5.41) is 3.38. The van der Waals surface area contributed by atoms with E-state index in [0.717, 1.165) is 10.6 Å². The van der Waals surface area contributed by atoms with Gasteiger partial charge in [-0.2, -0.15) is 0 Å². The molecule has 0 spiro atoms. The number of urea groups is 1. The molecule has 0 aliphatic carbocycles. The van der Waals surface area contributed by atoms with E-state index in [4.69, 9.17) is 9.47 Å². The minimum Gasteiger partial charge on any atom is -0.465 e. The molecule has 25 heavy (non-hydrogen) atoms. The van der Waals surface area contributed by atoms with Gasteiger partial charge in [-0.25, -0.2) is 20.0 Å². The summed E-state index contributed by atoms with van der Waals surface area (Å²) in [7, 11) is 0. The molecule has 0 unspecified atom stereocenters. The Hall–Kier alpha value is -2.77. The lowest BCUT2D eigenvalue weighted by Crippen LogP contribution is -2.53. The largest absolute Gasteiger partial charge is 0.465 e. The lowest BCUT2D eigenvalue weighted by molar-refractivity contribution is -0.144. The van der Waals surface area contributed by atoms with Crippen molar-refractivity contribution in [2.45, 2.75) is 39.8 Å². The van der Waals surface area contributed by atoms with E-state index in [2.05, 4.69) is 10.7 Å². The van der Waals surface area contributed by atoms with Gasteiger partial charge in [0.1, 0.15) is 12.1 Å². The first-order valence-electron chi connectivity index (χ1n) is 7.96. The zero-order valence-electron chi connectivity index (χ0n) is 15.0. The van der Waals surface area contributed by atoms with E-state index in [9.17, 15) is 14.4 Å². The maximum absolute atomic E-state index is 12.2. The van der Waals surface area contributed by atoms with Crippen LogP contribution in [0.2, 0.25) is 0 Å². The highest BCUT2D eigenvalue weighted by molar-refractivity contribution is 5.82. The van der Waals surface area contributed by atoms with Gasteiger partial charge in [0.25, 0.3) is 0 Å². The monoisotopic (exact) mass is 351 g/mol. The predicted molar refractivity (Wildman–Crippen MR) is 91.4 cm³/mol. The Bertz CT molecular complexity index is 584. The van der Waals surface area contributed by atoms with Gasteiger partial charge in [0.2, 0.25) is 0 Å². The molecule has 1 aromatic rings. The standard InChI is InChI=1S/C17H25N3O5/c1-5-24-14(21)12-20(16(23)25-17(2,3)4)19-15(22)18-11-13-9-7-6-8-10-13/h6-10H,5,11-12H2,1-4H3,(H2,18,19,22). The van der Waals surface area contributed by atoms with Crippen molar-refractivity contribution >= 4 is 18.1 Å². The molecule has 0 saturated heterocycles. The van der Waals surface area contributed by atoms with Crippen molar-refractivity contribution in [3.8, 4) is 0 Å². The average molecular weight is 351 g/mol. The second kappa shape index (κ2) is 9.51. The Morgan fingerprint density at radius 2 is 1.76 bits per heavy atom. The fraction of sp³-hybridized carbons (Fsp3) is 0.471. The molecule has 2 N–H and O–H groups in total. The molecule has 138 valence electrons. The van der Waals surface area contributed by atoms with E-state index in [-0.39, 0.29) is 13.2 Å². The van der Waals surface area contributed by atoms with Gasteiger partial charge in [-0.05, 0) is 33.3 Å². The quantitative estimate of drug-likeness (QED) is 0.626. The van der Waals surface area contributed by atoms with E-state index >= 15 is 0 Å². The summed E-state index contributed by atoms with van der Waals surface area (Å²) in [6.07, 6.45) is -0.851. The number of amides is 3. The summed E-state index contributed by atoms with van der Waals surface area (Å²) in [6, 6.07) is 8.63. The number of carbonyl (C=O) groups excluding carboxylic acids is 3. The first kappa shape index (κ1) is 20.3. The molecule has 3 amide bonds. The maximum atomic E-state index is 12.2. The fourth-order valence-electron chi connectivity index (χ4n) is 1.74. The van der Waals surface area contributed by atoms with Gasteiger partial charge < -0.3 is 14.8 Å². The second-order valence-electron chi connectivity index (χ2n) is 6.15. The van der Waals surface area contributed by atoms with Crippen molar-refractivity contribution in [3.05, 3.63) is 35.9 Å². The fourth-order valence-corrected chi connectivity index (χ4v) is 1.74. The van der Waals surface area contributed by atoms with Crippen molar-refractivity contribution in [3.63, 3.8) is 0 Å². The lowest BCUT2D eigenvalue weighted by atomic mass is 10.2. The summed E-state index contributed by atoms with van der Waals surface area (Å²) in [5.74, 6) is -0.656. The number of nitrogens with zero attached hydrogens (tertiary/aromatic N) is 1. The molecule has 0 bridgehead atoms. The Morgan fingerprint density at radius 3 is 2.32 bits per heavy atom. The Kier molecular flexibility index (Phi) is 7.71. The van der Waals surface area contributed by atoms with Crippen molar-refractivity contribution in [1.29, 1.82) is 0 Å². The summed E-state index contributed by atoms with van der Waals surface area (Å²) in [4.78, 5) is 35.8. The van der Waals surface area contributed by atoms with Crippen molar-refractivity contribution in [2.75, 3.05) is 13.2 Å². The van der Waals surface area contributed by atoms with Crippen LogP contribution in [0.25, 0.3) is 0 Å². The molecule has 1 aromatic carbocycles. The van der Waals surface area contributed by atoms with Gasteiger partial charge in [0.15, 0.2) is 0 Å². The van der Waals surface area contributed by atoms with Crippen LogP contribution in [0, 0.1) is 0 Å². The van der Waals surface area contributed by atoms with Crippen LogP contribution in [0.5, 0.6) is 0 Å². The minimum atomic E-state index is -0.851. The van der Waals surface area contributed by atoms with E-state index in [1.807, 2.05) is 30.3 Å². The van der Waals surface area contributed by atoms with Crippen molar-refractivity contribution in [1.82, 2.24) is 15.8 Å². The molecular formula is C17H25N3O5. The number of hydrazine groups is 1. The highest BCUT2D eigenvalue weighted by Gasteiger charge is 2.26. The molecule has 8 nitrogen and oxygen atoms in total. The van der Waals surface area contributed by atoms with E-state index in [1.54, 1.807) is 27.7 Å². The van der Waals surface area contributed by atoms with Gasteiger partial charge in [0, 0.05) is 6.54 Å². The first-order valence-corrected chi connectivity index (χ1v) is 7.96. The molecular weight excluding hydrogens is 326 g/mol. The molecule has 0 aromatic heterocycles. The Morgan fingerprint density at radius 1 is 1.12 bits per heavy atom. The molecule has 0 aliphatic rings. The van der Waals surface area contributed by atoms with Crippen molar-refractivity contribution in [2.24, 2.45) is 0 Å². The van der Waals surface area contributed by atoms with E-state index in [0.29, 0.717) is 0 Å². The first-order chi connectivity index (χ1) is 11.7. The zero-order chi connectivity index (χ0) is 18.9. The Labute approximate surface area is 147 Å². The van der Waals surface area contributed by atoms with Crippen LogP contribution in [0.3, 0.4) is 0 Å². The second-order valence-corrected chi connectivity index (χ2v) is 6.15. The van der Waals surface area contributed by atoms with Gasteiger partial charge in [0.05, 0.1) is 6.61 Å². The molecule has 0 atom stereocenters. The zero-order valence-corrected chi connectivity index (χ0v) is 15.0. The molecule has 0 saturated carbocycles. The smallest absolute Gasteiger partial charge is 0.429 e. The normalized spacial score (nSPS) is 10.6. The highest BCUT2D eigenvalue weighted by Crippen LogP contribution is 2.09. The van der Waals surface area contributed by atoms with Gasteiger partial charge in [-0.3, -0.25) is 4.79 Å². The summed E-state index contributed by atoms with van der Waals surface area (Å²) in [6.45, 7) is 6.68. The van der Waals surface area contributed by atoms with Crippen LogP contribution in [0.4, 0.5) is 9.59 Å². The van der Waals surface area contributed by atoms with Crippen LogP contribution in [-0.4, -0.2) is 41.9 Å². The minimum absolute atomic E-state index is 0.168. The van der Waals surface area contributed by atoms with Crippen LogP contribution in [0.1, 0.15) is 33.3 Å². The lowest BCUT2D eigenvalue weighted by Gasteiger charge is -2.27. The number of benzene rings is 1. The third kappa shape index (κ3) is 8.59.